The van der Waals surface area contributed by atoms with Crippen LogP contribution >= 0.6 is 0 Å². The van der Waals surface area contributed by atoms with Crippen LogP contribution in [-0.2, 0) is 10.0 Å². The lowest BCUT2D eigenvalue weighted by molar-refractivity contribution is 0.593. The molecule has 2 N–H and O–H groups in total. The van der Waals surface area contributed by atoms with Gasteiger partial charge in [0.1, 0.15) is 11.9 Å². The highest BCUT2D eigenvalue weighted by Crippen LogP contribution is 2.24. The third-order valence-corrected chi connectivity index (χ3v) is 4.73. The van der Waals surface area contributed by atoms with E-state index in [2.05, 4.69) is 0 Å². The van der Waals surface area contributed by atoms with Crippen LogP contribution < -0.4 is 10.0 Å². The molecular formula is C14H12FN3O2S. The molecule has 0 aliphatic carbocycles. The molecule has 0 heterocycles. The molecule has 0 unspecified atom stereocenters. The Hall–Kier alpha value is -2.59. The summed E-state index contributed by atoms with van der Waals surface area (Å²) in [5.74, 6) is -0.761. The molecule has 0 saturated heterocycles. The summed E-state index contributed by atoms with van der Waals surface area (Å²) in [6.07, 6.45) is 0. The maximum atomic E-state index is 13.3. The molecular weight excluding hydrogens is 293 g/mol. The first-order chi connectivity index (χ1) is 9.86. The quantitative estimate of drug-likeness (QED) is 0.880. The smallest absolute Gasteiger partial charge is 0.264 e. The van der Waals surface area contributed by atoms with Crippen LogP contribution in [0.1, 0.15) is 5.56 Å². The van der Waals surface area contributed by atoms with Crippen molar-refractivity contribution in [2.75, 3.05) is 17.1 Å². The second-order valence-corrected chi connectivity index (χ2v) is 6.29. The van der Waals surface area contributed by atoms with Crippen LogP contribution in [0.2, 0.25) is 0 Å². The molecule has 108 valence electrons. The van der Waals surface area contributed by atoms with Crippen LogP contribution in [0.4, 0.5) is 15.8 Å². The highest BCUT2D eigenvalue weighted by Gasteiger charge is 2.22. The van der Waals surface area contributed by atoms with Crippen molar-refractivity contribution in [2.45, 2.75) is 4.90 Å². The maximum Gasteiger partial charge on any atom is 0.264 e. The minimum Gasteiger partial charge on any atom is -0.399 e. The van der Waals surface area contributed by atoms with E-state index in [1.165, 1.54) is 13.1 Å². The fourth-order valence-corrected chi connectivity index (χ4v) is 2.98. The second kappa shape index (κ2) is 5.42. The summed E-state index contributed by atoms with van der Waals surface area (Å²) in [6.45, 7) is 0. The Morgan fingerprint density at radius 1 is 1.24 bits per heavy atom. The number of hydrogen-bond donors (Lipinski definition) is 1. The number of hydrogen-bond acceptors (Lipinski definition) is 4. The van der Waals surface area contributed by atoms with Crippen molar-refractivity contribution < 1.29 is 12.8 Å². The molecule has 0 bridgehead atoms. The lowest BCUT2D eigenvalue weighted by Gasteiger charge is -2.20. The highest BCUT2D eigenvalue weighted by molar-refractivity contribution is 7.92. The second-order valence-electron chi connectivity index (χ2n) is 4.32. The minimum atomic E-state index is -3.90. The van der Waals surface area contributed by atoms with Crippen LogP contribution in [0, 0.1) is 17.1 Å². The monoisotopic (exact) mass is 305 g/mol. The lowest BCUT2D eigenvalue weighted by Crippen LogP contribution is -2.26. The van der Waals surface area contributed by atoms with E-state index in [0.717, 1.165) is 22.5 Å². The molecule has 2 rings (SSSR count). The number of anilines is 2. The zero-order valence-electron chi connectivity index (χ0n) is 11.1. The molecule has 0 radical (unpaired) electrons. The number of nitriles is 1. The summed E-state index contributed by atoms with van der Waals surface area (Å²) < 4.78 is 39.3. The fraction of sp³-hybridized carbons (Fsp3) is 0.0714. The number of halogens is 1. The van der Waals surface area contributed by atoms with Crippen molar-refractivity contribution in [1.82, 2.24) is 0 Å². The van der Waals surface area contributed by atoms with Gasteiger partial charge in [-0.25, -0.2) is 12.8 Å². The number of nitrogens with two attached hydrogens (primary N) is 1. The summed E-state index contributed by atoms with van der Waals surface area (Å²) in [6, 6.07) is 11.1. The van der Waals surface area contributed by atoms with Crippen LogP contribution in [0.25, 0.3) is 0 Å². The molecule has 0 aliphatic rings. The van der Waals surface area contributed by atoms with Crippen LogP contribution in [0.5, 0.6) is 0 Å². The zero-order valence-corrected chi connectivity index (χ0v) is 11.9. The predicted molar refractivity (Wildman–Crippen MR) is 77.6 cm³/mol. The largest absolute Gasteiger partial charge is 0.399 e. The number of nitrogens with zero attached hydrogens (tertiary/aromatic N) is 2. The normalized spacial score (nSPS) is 10.9. The van der Waals surface area contributed by atoms with E-state index in [1.54, 1.807) is 24.3 Å². The molecule has 5 nitrogen and oxygen atoms in total. The van der Waals surface area contributed by atoms with Gasteiger partial charge in [0.25, 0.3) is 10.0 Å². The summed E-state index contributed by atoms with van der Waals surface area (Å²) in [5.41, 5.74) is 6.10. The Bertz CT molecular complexity index is 828. The van der Waals surface area contributed by atoms with Crippen LogP contribution in [0.15, 0.2) is 47.4 Å². The molecule has 0 amide bonds. The average molecular weight is 305 g/mol. The van der Waals surface area contributed by atoms with E-state index in [0.29, 0.717) is 11.4 Å². The summed E-state index contributed by atoms with van der Waals surface area (Å²) >= 11 is 0. The van der Waals surface area contributed by atoms with Crippen LogP contribution in [0.3, 0.4) is 0 Å². The van der Waals surface area contributed by atoms with Gasteiger partial charge in [-0.1, -0.05) is 6.07 Å². The Balaban J connectivity index is 2.49. The molecule has 0 saturated carbocycles. The van der Waals surface area contributed by atoms with E-state index < -0.39 is 15.8 Å². The van der Waals surface area contributed by atoms with E-state index >= 15 is 0 Å². The van der Waals surface area contributed by atoms with E-state index in [1.807, 2.05) is 0 Å². The lowest BCUT2D eigenvalue weighted by atomic mass is 10.2. The molecule has 0 fully saturated rings. The molecule has 0 atom stereocenters. The molecule has 0 spiro atoms. The van der Waals surface area contributed by atoms with E-state index in [4.69, 9.17) is 11.0 Å². The molecule has 2 aromatic rings. The van der Waals surface area contributed by atoms with Crippen molar-refractivity contribution >= 4 is 21.4 Å². The Labute approximate surface area is 122 Å². The molecule has 0 aliphatic heterocycles. The van der Waals surface area contributed by atoms with Gasteiger partial charge in [0.15, 0.2) is 0 Å². The number of nitrogen functional groups attached to an aromatic ring is 1. The van der Waals surface area contributed by atoms with Crippen molar-refractivity contribution in [3.05, 3.63) is 53.8 Å². The standard InChI is InChI=1S/C14H12FN3O2S/c1-18(12-4-2-3-11(17)8-12)21(19,20)13-5-6-14(15)10(7-13)9-16/h2-8H,17H2,1H3. The van der Waals surface area contributed by atoms with Gasteiger partial charge < -0.3 is 5.73 Å². The van der Waals surface area contributed by atoms with Gasteiger partial charge in [-0.15, -0.1) is 0 Å². The number of benzene rings is 2. The van der Waals surface area contributed by atoms with Gasteiger partial charge in [-0.2, -0.15) is 5.26 Å². The van der Waals surface area contributed by atoms with Crippen molar-refractivity contribution in [1.29, 1.82) is 5.26 Å². The van der Waals surface area contributed by atoms with Gasteiger partial charge in [0.2, 0.25) is 0 Å². The predicted octanol–water partition coefficient (Wildman–Crippen LogP) is 2.10. The first kappa shape index (κ1) is 14.8. The van der Waals surface area contributed by atoms with E-state index in [9.17, 15) is 12.8 Å². The summed E-state index contributed by atoms with van der Waals surface area (Å²) in [5, 5.41) is 8.79. The Morgan fingerprint density at radius 2 is 1.95 bits per heavy atom. The van der Waals surface area contributed by atoms with Gasteiger partial charge in [-0.05, 0) is 36.4 Å². The summed E-state index contributed by atoms with van der Waals surface area (Å²) in [4.78, 5) is -0.162. The maximum absolute atomic E-state index is 13.3. The third-order valence-electron chi connectivity index (χ3n) is 2.95. The highest BCUT2D eigenvalue weighted by atomic mass is 32.2. The van der Waals surface area contributed by atoms with Crippen molar-refractivity contribution in [3.8, 4) is 6.07 Å². The molecule has 2 aromatic carbocycles. The van der Waals surface area contributed by atoms with Gasteiger partial charge in [0, 0.05) is 12.7 Å². The fourth-order valence-electron chi connectivity index (χ4n) is 1.77. The Kier molecular flexibility index (Phi) is 3.82. The zero-order chi connectivity index (χ0) is 15.6. The van der Waals surface area contributed by atoms with Gasteiger partial charge >= 0.3 is 0 Å². The van der Waals surface area contributed by atoms with Crippen molar-refractivity contribution in [3.63, 3.8) is 0 Å². The molecule has 7 heteroatoms. The van der Waals surface area contributed by atoms with Crippen LogP contribution in [-0.4, -0.2) is 15.5 Å². The number of rotatable bonds is 3. The minimum absolute atomic E-state index is 0.162. The average Bonchev–Trinajstić information content (AvgIpc) is 2.46. The third kappa shape index (κ3) is 2.80. The topological polar surface area (TPSA) is 87.2 Å². The SMILES string of the molecule is CN(c1cccc(N)c1)S(=O)(=O)c1ccc(F)c(C#N)c1. The Morgan fingerprint density at radius 3 is 2.57 bits per heavy atom. The first-order valence-corrected chi connectivity index (χ1v) is 7.34. The summed E-state index contributed by atoms with van der Waals surface area (Å²) in [7, 11) is -2.54. The van der Waals surface area contributed by atoms with Gasteiger partial charge in [0.05, 0.1) is 16.1 Å². The molecule has 0 aromatic heterocycles. The van der Waals surface area contributed by atoms with Crippen molar-refractivity contribution in [2.24, 2.45) is 0 Å². The molecule has 21 heavy (non-hydrogen) atoms. The number of sulfonamides is 1. The first-order valence-electron chi connectivity index (χ1n) is 5.90. The van der Waals surface area contributed by atoms with E-state index in [-0.39, 0.29) is 10.5 Å². The van der Waals surface area contributed by atoms with Gasteiger partial charge in [-0.3, -0.25) is 4.31 Å².